The summed E-state index contributed by atoms with van der Waals surface area (Å²) >= 11 is 13.2. The van der Waals surface area contributed by atoms with E-state index in [1.54, 1.807) is 18.2 Å². The van der Waals surface area contributed by atoms with Gasteiger partial charge in [-0.3, -0.25) is 10.1 Å². The fourth-order valence-electron chi connectivity index (χ4n) is 1.42. The molecule has 0 spiro atoms. The van der Waals surface area contributed by atoms with Gasteiger partial charge >= 0.3 is 0 Å². The smallest absolute Gasteiger partial charge is 0.264 e. The molecule has 0 bridgehead atoms. The van der Waals surface area contributed by atoms with Gasteiger partial charge in [0.1, 0.15) is 5.75 Å². The highest BCUT2D eigenvalue weighted by Gasteiger charge is 2.10. The van der Waals surface area contributed by atoms with Crippen molar-refractivity contribution in [2.24, 2.45) is 0 Å². The first-order chi connectivity index (χ1) is 9.45. The van der Waals surface area contributed by atoms with Crippen LogP contribution >= 0.6 is 34.5 Å². The summed E-state index contributed by atoms with van der Waals surface area (Å²) in [7, 11) is 0. The van der Waals surface area contributed by atoms with Crippen LogP contribution in [0.4, 0.5) is 5.13 Å². The summed E-state index contributed by atoms with van der Waals surface area (Å²) in [5, 5.41) is 4.13. The molecular formula is C13H12Cl2N2O2S. The van der Waals surface area contributed by atoms with Crippen molar-refractivity contribution in [1.29, 1.82) is 0 Å². The second-order valence-electron chi connectivity index (χ2n) is 4.07. The van der Waals surface area contributed by atoms with E-state index < -0.39 is 0 Å². The number of halogens is 2. The van der Waals surface area contributed by atoms with E-state index in [2.05, 4.69) is 10.3 Å². The molecule has 4 nitrogen and oxygen atoms in total. The van der Waals surface area contributed by atoms with Crippen LogP contribution in [-0.2, 0) is 4.79 Å². The maximum absolute atomic E-state index is 11.7. The van der Waals surface area contributed by atoms with Crippen molar-refractivity contribution in [1.82, 2.24) is 4.98 Å². The van der Waals surface area contributed by atoms with Crippen molar-refractivity contribution in [2.75, 3.05) is 11.9 Å². The zero-order valence-electron chi connectivity index (χ0n) is 10.9. The number of hydrogen-bond donors (Lipinski definition) is 1. The lowest BCUT2D eigenvalue weighted by molar-refractivity contribution is -0.118. The number of carbonyl (C=O) groups excluding carboxylic acids is 1. The molecule has 0 atom stereocenters. The van der Waals surface area contributed by atoms with E-state index in [0.29, 0.717) is 20.9 Å². The number of carbonyl (C=O) groups is 1. The highest BCUT2D eigenvalue weighted by molar-refractivity contribution is 7.15. The Balaban J connectivity index is 1.92. The van der Waals surface area contributed by atoms with Gasteiger partial charge in [-0.15, -0.1) is 11.3 Å². The van der Waals surface area contributed by atoms with E-state index in [-0.39, 0.29) is 12.5 Å². The van der Waals surface area contributed by atoms with E-state index in [1.807, 2.05) is 13.8 Å². The van der Waals surface area contributed by atoms with Crippen molar-refractivity contribution in [3.63, 3.8) is 0 Å². The lowest BCUT2D eigenvalue weighted by Gasteiger charge is -2.07. The third-order valence-electron chi connectivity index (χ3n) is 2.53. The minimum atomic E-state index is -0.287. The molecule has 0 fully saturated rings. The third-order valence-corrected chi connectivity index (χ3v) is 4.05. The predicted molar refractivity (Wildman–Crippen MR) is 82.2 cm³/mol. The Morgan fingerprint density at radius 1 is 1.40 bits per heavy atom. The van der Waals surface area contributed by atoms with Crippen molar-refractivity contribution in [3.05, 3.63) is 38.8 Å². The molecule has 1 N–H and O–H groups in total. The average molecular weight is 331 g/mol. The minimum Gasteiger partial charge on any atom is -0.482 e. The van der Waals surface area contributed by atoms with Gasteiger partial charge in [-0.25, -0.2) is 4.98 Å². The fraction of sp³-hybridized carbons (Fsp3) is 0.231. The zero-order chi connectivity index (χ0) is 14.7. The molecule has 0 aliphatic carbocycles. The zero-order valence-corrected chi connectivity index (χ0v) is 13.2. The lowest BCUT2D eigenvalue weighted by Crippen LogP contribution is -2.20. The van der Waals surface area contributed by atoms with Crippen LogP contribution in [0.1, 0.15) is 10.6 Å². The maximum Gasteiger partial charge on any atom is 0.264 e. The van der Waals surface area contributed by atoms with Gasteiger partial charge in [-0.2, -0.15) is 0 Å². The van der Waals surface area contributed by atoms with E-state index in [0.717, 1.165) is 10.6 Å². The van der Waals surface area contributed by atoms with Crippen molar-refractivity contribution in [2.45, 2.75) is 13.8 Å². The van der Waals surface area contributed by atoms with E-state index in [4.69, 9.17) is 27.9 Å². The van der Waals surface area contributed by atoms with Gasteiger partial charge in [-0.05, 0) is 32.0 Å². The molecule has 1 aromatic heterocycles. The van der Waals surface area contributed by atoms with Crippen molar-refractivity contribution < 1.29 is 9.53 Å². The largest absolute Gasteiger partial charge is 0.482 e. The summed E-state index contributed by atoms with van der Waals surface area (Å²) in [6.07, 6.45) is 0. The first-order valence-corrected chi connectivity index (χ1v) is 7.34. The molecule has 20 heavy (non-hydrogen) atoms. The summed E-state index contributed by atoms with van der Waals surface area (Å²) in [6.45, 7) is 3.71. The van der Waals surface area contributed by atoms with Gasteiger partial charge in [-0.1, -0.05) is 23.2 Å². The Morgan fingerprint density at radius 2 is 2.15 bits per heavy atom. The van der Waals surface area contributed by atoms with E-state index >= 15 is 0 Å². The van der Waals surface area contributed by atoms with Gasteiger partial charge in [0.25, 0.3) is 5.91 Å². The number of rotatable bonds is 4. The molecule has 0 saturated heterocycles. The maximum atomic E-state index is 11.7. The first kappa shape index (κ1) is 15.1. The van der Waals surface area contributed by atoms with Gasteiger partial charge < -0.3 is 4.74 Å². The summed E-state index contributed by atoms with van der Waals surface area (Å²) < 4.78 is 5.34. The number of anilines is 1. The predicted octanol–water partition coefficient (Wildman–Crippen LogP) is 4.08. The minimum absolute atomic E-state index is 0.140. The second-order valence-corrected chi connectivity index (χ2v) is 6.12. The Kier molecular flexibility index (Phi) is 4.86. The Bertz CT molecular complexity index is 624. The molecule has 0 aliphatic rings. The molecule has 1 aromatic carbocycles. The van der Waals surface area contributed by atoms with Crippen LogP contribution in [0, 0.1) is 13.8 Å². The van der Waals surface area contributed by atoms with Crippen molar-refractivity contribution in [3.8, 4) is 5.75 Å². The third kappa shape index (κ3) is 3.85. The quantitative estimate of drug-likeness (QED) is 0.918. The Hall–Kier alpha value is -1.30. The first-order valence-electron chi connectivity index (χ1n) is 5.77. The molecule has 0 radical (unpaired) electrons. The van der Waals surface area contributed by atoms with Gasteiger partial charge in [0, 0.05) is 9.90 Å². The number of benzene rings is 1. The van der Waals surface area contributed by atoms with Crippen LogP contribution < -0.4 is 10.1 Å². The molecule has 106 valence electrons. The SMILES string of the molecule is Cc1nc(NC(=O)COc2ccc(Cl)cc2Cl)sc1C. The molecule has 1 amide bonds. The van der Waals surface area contributed by atoms with Crippen LogP contribution in [0.2, 0.25) is 10.0 Å². The Labute approximate surface area is 130 Å². The topological polar surface area (TPSA) is 51.2 Å². The van der Waals surface area contributed by atoms with Gasteiger partial charge in [0.15, 0.2) is 11.7 Å². The summed E-state index contributed by atoms with van der Waals surface area (Å²) in [5.74, 6) is 0.127. The van der Waals surface area contributed by atoms with Crippen LogP contribution in [0.3, 0.4) is 0 Å². The van der Waals surface area contributed by atoms with Gasteiger partial charge in [0.05, 0.1) is 10.7 Å². The number of nitrogens with zero attached hydrogens (tertiary/aromatic N) is 1. The van der Waals surface area contributed by atoms with E-state index in [9.17, 15) is 4.79 Å². The summed E-state index contributed by atoms with van der Waals surface area (Å²) in [6, 6.07) is 4.83. The number of aromatic nitrogens is 1. The molecule has 0 unspecified atom stereocenters. The molecule has 2 rings (SSSR count). The van der Waals surface area contributed by atoms with Gasteiger partial charge in [0.2, 0.25) is 0 Å². The molecule has 2 aromatic rings. The number of amides is 1. The van der Waals surface area contributed by atoms with Crippen LogP contribution in [-0.4, -0.2) is 17.5 Å². The number of nitrogens with one attached hydrogen (secondary N) is 1. The number of aryl methyl sites for hydroxylation is 2. The normalized spacial score (nSPS) is 10.4. The van der Waals surface area contributed by atoms with Crippen LogP contribution in [0.15, 0.2) is 18.2 Å². The summed E-state index contributed by atoms with van der Waals surface area (Å²) in [5.41, 5.74) is 0.909. The monoisotopic (exact) mass is 330 g/mol. The van der Waals surface area contributed by atoms with Crippen LogP contribution in [0.5, 0.6) is 5.75 Å². The lowest BCUT2D eigenvalue weighted by atomic mass is 10.3. The molecule has 0 saturated carbocycles. The van der Waals surface area contributed by atoms with Crippen LogP contribution in [0.25, 0.3) is 0 Å². The second kappa shape index (κ2) is 6.43. The summed E-state index contributed by atoms with van der Waals surface area (Å²) in [4.78, 5) is 17.0. The molecule has 0 aliphatic heterocycles. The Morgan fingerprint density at radius 3 is 2.75 bits per heavy atom. The standard InChI is InChI=1S/C13H12Cl2N2O2S/c1-7-8(2)20-13(16-7)17-12(18)6-19-11-4-3-9(14)5-10(11)15/h3-5H,6H2,1-2H3,(H,16,17,18). The van der Waals surface area contributed by atoms with Crippen molar-refractivity contribution >= 4 is 45.6 Å². The fourth-order valence-corrected chi connectivity index (χ4v) is 2.71. The number of thiazole rings is 1. The number of hydrogen-bond acceptors (Lipinski definition) is 4. The number of ether oxygens (including phenoxy) is 1. The molecule has 1 heterocycles. The molecule has 7 heteroatoms. The molecular weight excluding hydrogens is 319 g/mol. The highest BCUT2D eigenvalue weighted by Crippen LogP contribution is 2.27. The highest BCUT2D eigenvalue weighted by atomic mass is 35.5. The van der Waals surface area contributed by atoms with E-state index in [1.165, 1.54) is 11.3 Å². The average Bonchev–Trinajstić information content (AvgIpc) is 2.67.